The Morgan fingerprint density at radius 2 is 1.62 bits per heavy atom. The fourth-order valence-corrected chi connectivity index (χ4v) is 3.33. The molecular weight excluding hydrogens is 369 g/mol. The number of benzene rings is 2. The molecule has 6 heteroatoms. The highest BCUT2D eigenvalue weighted by Gasteiger charge is 2.21. The molecule has 0 spiro atoms. The molecule has 2 aromatic carbocycles. The van der Waals surface area contributed by atoms with Gasteiger partial charge >= 0.3 is 6.03 Å². The largest absolute Gasteiger partial charge is 0.322 e. The Morgan fingerprint density at radius 1 is 0.962 bits per heavy atom. The number of hydrogen-bond acceptors (Lipinski definition) is 2. The van der Waals surface area contributed by atoms with Gasteiger partial charge in [0.1, 0.15) is 0 Å². The number of piperazine rings is 1. The summed E-state index contributed by atoms with van der Waals surface area (Å²) in [4.78, 5) is 16.6. The van der Waals surface area contributed by atoms with E-state index in [1.807, 2.05) is 18.2 Å². The average molecular weight is 390 g/mol. The molecule has 1 aliphatic heterocycles. The third-order valence-corrected chi connectivity index (χ3v) is 4.96. The number of nitrogens with one attached hydrogen (secondary N) is 1. The van der Waals surface area contributed by atoms with Gasteiger partial charge in [-0.1, -0.05) is 71.8 Å². The summed E-state index contributed by atoms with van der Waals surface area (Å²) in [6, 6.07) is 15.2. The van der Waals surface area contributed by atoms with E-state index in [-0.39, 0.29) is 6.03 Å². The first-order valence-corrected chi connectivity index (χ1v) is 9.33. The summed E-state index contributed by atoms with van der Waals surface area (Å²) in [5, 5.41) is 3.70. The van der Waals surface area contributed by atoms with Crippen molar-refractivity contribution in [3.63, 3.8) is 0 Å². The molecule has 0 saturated carbocycles. The number of halogens is 2. The summed E-state index contributed by atoms with van der Waals surface area (Å²) in [5.74, 6) is 0. The molecule has 4 nitrogen and oxygen atoms in total. The van der Waals surface area contributed by atoms with Crippen LogP contribution < -0.4 is 5.32 Å². The van der Waals surface area contributed by atoms with Crippen LogP contribution in [0.1, 0.15) is 5.56 Å². The number of amides is 2. The second-order valence-corrected chi connectivity index (χ2v) is 6.94. The first-order chi connectivity index (χ1) is 12.6. The molecule has 2 aromatic rings. The van der Waals surface area contributed by atoms with Gasteiger partial charge < -0.3 is 10.2 Å². The summed E-state index contributed by atoms with van der Waals surface area (Å²) in [7, 11) is 0. The summed E-state index contributed by atoms with van der Waals surface area (Å²) < 4.78 is 0. The van der Waals surface area contributed by atoms with Crippen molar-refractivity contribution in [1.82, 2.24) is 9.80 Å². The minimum atomic E-state index is -0.167. The van der Waals surface area contributed by atoms with Crippen LogP contribution in [0.15, 0.2) is 54.6 Å². The van der Waals surface area contributed by atoms with E-state index in [0.29, 0.717) is 28.8 Å². The molecular formula is C20H21Cl2N3O. The highest BCUT2D eigenvalue weighted by Crippen LogP contribution is 2.30. The molecule has 1 aliphatic rings. The summed E-state index contributed by atoms with van der Waals surface area (Å²) in [6.45, 7) is 3.90. The molecule has 136 valence electrons. The Labute approximate surface area is 164 Å². The number of para-hydroxylation sites is 1. The fourth-order valence-electron chi connectivity index (χ4n) is 2.84. The van der Waals surface area contributed by atoms with Gasteiger partial charge in [-0.2, -0.15) is 0 Å². The molecule has 3 rings (SSSR count). The van der Waals surface area contributed by atoms with Crippen LogP contribution in [0, 0.1) is 0 Å². The van der Waals surface area contributed by atoms with E-state index in [1.165, 1.54) is 5.56 Å². The zero-order chi connectivity index (χ0) is 18.4. The summed E-state index contributed by atoms with van der Waals surface area (Å²) in [5.41, 5.74) is 1.66. The Balaban J connectivity index is 1.47. The number of hydrogen-bond donors (Lipinski definition) is 1. The summed E-state index contributed by atoms with van der Waals surface area (Å²) in [6.07, 6.45) is 4.28. The van der Waals surface area contributed by atoms with E-state index in [9.17, 15) is 4.79 Å². The van der Waals surface area contributed by atoms with E-state index in [0.717, 1.165) is 19.6 Å². The van der Waals surface area contributed by atoms with Gasteiger partial charge in [-0.25, -0.2) is 4.79 Å². The predicted octanol–water partition coefficient (Wildman–Crippen LogP) is 4.86. The van der Waals surface area contributed by atoms with Crippen molar-refractivity contribution in [3.8, 4) is 0 Å². The maximum Gasteiger partial charge on any atom is 0.322 e. The minimum absolute atomic E-state index is 0.167. The maximum absolute atomic E-state index is 12.4. The minimum Gasteiger partial charge on any atom is -0.322 e. The highest BCUT2D eigenvalue weighted by molar-refractivity contribution is 6.39. The van der Waals surface area contributed by atoms with Crippen molar-refractivity contribution in [2.45, 2.75) is 0 Å². The normalized spacial score (nSPS) is 15.4. The molecule has 1 saturated heterocycles. The molecule has 1 fully saturated rings. The molecule has 0 aromatic heterocycles. The van der Waals surface area contributed by atoms with Gasteiger partial charge in [-0.3, -0.25) is 4.90 Å². The van der Waals surface area contributed by atoms with Crippen molar-refractivity contribution in [2.24, 2.45) is 0 Å². The van der Waals surface area contributed by atoms with E-state index >= 15 is 0 Å². The lowest BCUT2D eigenvalue weighted by Crippen LogP contribution is -2.49. The first-order valence-electron chi connectivity index (χ1n) is 8.57. The third-order valence-electron chi connectivity index (χ3n) is 4.33. The lowest BCUT2D eigenvalue weighted by molar-refractivity contribution is 0.156. The van der Waals surface area contributed by atoms with Gasteiger partial charge in [0, 0.05) is 32.7 Å². The van der Waals surface area contributed by atoms with Crippen LogP contribution in [0.2, 0.25) is 10.0 Å². The lowest BCUT2D eigenvalue weighted by Gasteiger charge is -2.34. The van der Waals surface area contributed by atoms with E-state index in [2.05, 4.69) is 34.5 Å². The standard InChI is InChI=1S/C20H21Cl2N3O/c21-17-9-4-10-18(22)19(17)23-20(26)25-14-12-24(13-15-25)11-5-8-16-6-2-1-3-7-16/h1-10H,11-15H2,(H,23,26). The van der Waals surface area contributed by atoms with Crippen molar-refractivity contribution < 1.29 is 4.79 Å². The molecule has 0 bridgehead atoms. The first kappa shape index (κ1) is 18.8. The molecule has 1 heterocycles. The second-order valence-electron chi connectivity index (χ2n) is 6.13. The lowest BCUT2D eigenvalue weighted by atomic mass is 10.2. The zero-order valence-electron chi connectivity index (χ0n) is 14.4. The SMILES string of the molecule is O=C(Nc1c(Cl)cccc1Cl)N1CCN(CC=Cc2ccccc2)CC1. The van der Waals surface area contributed by atoms with Gasteiger partial charge in [-0.05, 0) is 17.7 Å². The summed E-state index contributed by atoms with van der Waals surface area (Å²) >= 11 is 12.2. The highest BCUT2D eigenvalue weighted by atomic mass is 35.5. The molecule has 0 aliphatic carbocycles. The monoisotopic (exact) mass is 389 g/mol. The topological polar surface area (TPSA) is 35.6 Å². The Bertz CT molecular complexity index is 752. The van der Waals surface area contributed by atoms with Crippen LogP contribution in [0.5, 0.6) is 0 Å². The third kappa shape index (κ3) is 5.01. The number of carbonyl (C=O) groups excluding carboxylic acids is 1. The van der Waals surface area contributed by atoms with Crippen molar-refractivity contribution in [3.05, 3.63) is 70.2 Å². The Hall–Kier alpha value is -2.01. The Morgan fingerprint density at radius 3 is 2.27 bits per heavy atom. The van der Waals surface area contributed by atoms with Gasteiger partial charge in [0.25, 0.3) is 0 Å². The number of urea groups is 1. The van der Waals surface area contributed by atoms with Crippen molar-refractivity contribution in [2.75, 3.05) is 38.0 Å². The van der Waals surface area contributed by atoms with Gasteiger partial charge in [0.05, 0.1) is 15.7 Å². The molecule has 0 atom stereocenters. The van der Waals surface area contributed by atoms with E-state index < -0.39 is 0 Å². The van der Waals surface area contributed by atoms with Crippen LogP contribution in [0.4, 0.5) is 10.5 Å². The van der Waals surface area contributed by atoms with Gasteiger partial charge in [-0.15, -0.1) is 0 Å². The zero-order valence-corrected chi connectivity index (χ0v) is 15.9. The number of anilines is 1. The second kappa shape index (κ2) is 9.08. The Kier molecular flexibility index (Phi) is 6.56. The number of carbonyl (C=O) groups is 1. The van der Waals surface area contributed by atoms with E-state index in [1.54, 1.807) is 23.1 Å². The number of rotatable bonds is 4. The van der Waals surface area contributed by atoms with Crippen molar-refractivity contribution in [1.29, 1.82) is 0 Å². The smallest absolute Gasteiger partial charge is 0.322 e. The predicted molar refractivity (Wildman–Crippen MR) is 109 cm³/mol. The van der Waals surface area contributed by atoms with Crippen LogP contribution >= 0.6 is 23.2 Å². The number of nitrogens with zero attached hydrogens (tertiary/aromatic N) is 2. The van der Waals surface area contributed by atoms with Crippen LogP contribution in [-0.4, -0.2) is 48.6 Å². The van der Waals surface area contributed by atoms with Crippen molar-refractivity contribution >= 4 is 41.0 Å². The van der Waals surface area contributed by atoms with Crippen LogP contribution in [0.25, 0.3) is 6.08 Å². The van der Waals surface area contributed by atoms with Crippen LogP contribution in [-0.2, 0) is 0 Å². The molecule has 26 heavy (non-hydrogen) atoms. The van der Waals surface area contributed by atoms with Crippen LogP contribution in [0.3, 0.4) is 0 Å². The van der Waals surface area contributed by atoms with Gasteiger partial charge in [0.15, 0.2) is 0 Å². The quantitative estimate of drug-likeness (QED) is 0.810. The average Bonchev–Trinajstić information content (AvgIpc) is 2.66. The molecule has 0 radical (unpaired) electrons. The molecule has 1 N–H and O–H groups in total. The molecule has 2 amide bonds. The maximum atomic E-state index is 12.4. The van der Waals surface area contributed by atoms with Gasteiger partial charge in [0.2, 0.25) is 0 Å². The fraction of sp³-hybridized carbons (Fsp3) is 0.250. The molecule has 0 unspecified atom stereocenters. The van der Waals surface area contributed by atoms with E-state index in [4.69, 9.17) is 23.2 Å².